The number of ether oxygens (including phenoxy) is 2. The van der Waals surface area contributed by atoms with Gasteiger partial charge in [-0.15, -0.1) is 0 Å². The summed E-state index contributed by atoms with van der Waals surface area (Å²) < 4.78 is 51.3. The maximum atomic E-state index is 12.9. The SMILES string of the molecule is Brc1cccc(Br)n1.CC1OB(c2ccc(Oc3ccc(F)cc3)cc2)OC1(C)C.Fc1ccc(Oc2ccc(-c3cccc(Br)n3)cc2)cc1. The molecule has 0 saturated carbocycles. The molecule has 6 nitrogen and oxygen atoms in total. The molecular weight excluding hydrogens is 849 g/mol. The maximum absolute atomic E-state index is 12.9. The van der Waals surface area contributed by atoms with Gasteiger partial charge in [0, 0.05) is 5.56 Å². The molecule has 1 aliphatic rings. The van der Waals surface area contributed by atoms with E-state index in [1.807, 2.05) is 106 Å². The normalized spacial score (nSPS) is 14.4. The topological polar surface area (TPSA) is 62.7 Å². The molecular formula is C39H32BBr3F2N2O4. The van der Waals surface area contributed by atoms with Crippen molar-refractivity contribution in [3.8, 4) is 34.3 Å². The van der Waals surface area contributed by atoms with Gasteiger partial charge in [-0.1, -0.05) is 24.3 Å². The lowest BCUT2D eigenvalue weighted by Gasteiger charge is -2.21. The number of halogens is 5. The second-order valence-electron chi connectivity index (χ2n) is 11.7. The summed E-state index contributed by atoms with van der Waals surface area (Å²) >= 11 is 9.80. The van der Waals surface area contributed by atoms with E-state index in [2.05, 4.69) is 57.8 Å². The first kappa shape index (κ1) is 38.3. The molecule has 0 bridgehead atoms. The van der Waals surface area contributed by atoms with Gasteiger partial charge in [0.25, 0.3) is 0 Å². The van der Waals surface area contributed by atoms with Gasteiger partial charge in [-0.2, -0.15) is 0 Å². The first-order valence-electron chi connectivity index (χ1n) is 15.7. The molecule has 1 saturated heterocycles. The van der Waals surface area contributed by atoms with Crippen LogP contribution < -0.4 is 14.9 Å². The summed E-state index contributed by atoms with van der Waals surface area (Å²) in [6.45, 7) is 6.04. The Balaban J connectivity index is 0.000000163. The first-order valence-corrected chi connectivity index (χ1v) is 18.1. The van der Waals surface area contributed by atoms with Crippen LogP contribution in [-0.4, -0.2) is 28.8 Å². The van der Waals surface area contributed by atoms with Crippen LogP contribution in [0.5, 0.6) is 23.0 Å². The highest BCUT2D eigenvalue weighted by atomic mass is 79.9. The summed E-state index contributed by atoms with van der Waals surface area (Å²) in [5.41, 5.74) is 2.54. The van der Waals surface area contributed by atoms with Gasteiger partial charge in [0.15, 0.2) is 0 Å². The van der Waals surface area contributed by atoms with Gasteiger partial charge in [0.2, 0.25) is 0 Å². The summed E-state index contributed by atoms with van der Waals surface area (Å²) in [6.07, 6.45) is 0.0349. The van der Waals surface area contributed by atoms with Crippen LogP contribution >= 0.6 is 47.8 Å². The van der Waals surface area contributed by atoms with Crippen LogP contribution in [0.15, 0.2) is 147 Å². The maximum Gasteiger partial charge on any atom is 0.494 e. The molecule has 260 valence electrons. The van der Waals surface area contributed by atoms with Gasteiger partial charge < -0.3 is 18.8 Å². The summed E-state index contributed by atoms with van der Waals surface area (Å²) in [5, 5.41) is 0. The number of hydrogen-bond acceptors (Lipinski definition) is 6. The van der Waals surface area contributed by atoms with E-state index in [0.717, 1.165) is 30.5 Å². The lowest BCUT2D eigenvalue weighted by Crippen LogP contribution is -2.34. The Bertz CT molecular complexity index is 1990. The fourth-order valence-corrected chi connectivity index (χ4v) is 5.78. The lowest BCUT2D eigenvalue weighted by molar-refractivity contribution is 0.0842. The third-order valence-corrected chi connectivity index (χ3v) is 8.84. The quantitative estimate of drug-likeness (QED) is 0.123. The van der Waals surface area contributed by atoms with Crippen LogP contribution in [0.1, 0.15) is 20.8 Å². The van der Waals surface area contributed by atoms with E-state index in [9.17, 15) is 8.78 Å². The van der Waals surface area contributed by atoms with Gasteiger partial charge in [0.05, 0.1) is 17.4 Å². The molecule has 0 aliphatic carbocycles. The number of rotatable bonds is 6. The predicted octanol–water partition coefficient (Wildman–Crippen LogP) is 11.6. The Morgan fingerprint density at radius 3 is 1.39 bits per heavy atom. The van der Waals surface area contributed by atoms with E-state index >= 15 is 0 Å². The molecule has 7 rings (SSSR count). The smallest absolute Gasteiger partial charge is 0.457 e. The molecule has 4 aromatic carbocycles. The minimum absolute atomic E-state index is 0.0349. The van der Waals surface area contributed by atoms with Gasteiger partial charge in [-0.3, -0.25) is 0 Å². The number of hydrogen-bond donors (Lipinski definition) is 0. The predicted molar refractivity (Wildman–Crippen MR) is 207 cm³/mol. The number of aromatic nitrogens is 2. The molecule has 0 radical (unpaired) electrons. The zero-order chi connectivity index (χ0) is 36.4. The van der Waals surface area contributed by atoms with Crippen molar-refractivity contribution in [3.63, 3.8) is 0 Å². The molecule has 51 heavy (non-hydrogen) atoms. The minimum atomic E-state index is -0.357. The van der Waals surface area contributed by atoms with Crippen molar-refractivity contribution >= 4 is 60.4 Å². The van der Waals surface area contributed by atoms with Crippen LogP contribution in [0.2, 0.25) is 0 Å². The molecule has 6 aromatic rings. The summed E-state index contributed by atoms with van der Waals surface area (Å²) in [6, 6.07) is 38.4. The molecule has 0 N–H and O–H groups in total. The van der Waals surface area contributed by atoms with E-state index in [0.29, 0.717) is 23.0 Å². The average Bonchev–Trinajstić information content (AvgIpc) is 3.39. The third kappa shape index (κ3) is 11.8. The highest BCUT2D eigenvalue weighted by molar-refractivity contribution is 9.11. The average molecular weight is 881 g/mol. The zero-order valence-corrected chi connectivity index (χ0v) is 32.5. The van der Waals surface area contributed by atoms with Crippen LogP contribution in [-0.2, 0) is 9.31 Å². The van der Waals surface area contributed by atoms with Crippen molar-refractivity contribution in [2.24, 2.45) is 0 Å². The molecule has 1 aliphatic heterocycles. The number of nitrogens with zero attached hydrogens (tertiary/aromatic N) is 2. The third-order valence-electron chi connectivity index (χ3n) is 7.51. The van der Waals surface area contributed by atoms with E-state index in [1.54, 1.807) is 24.3 Å². The number of pyridine rings is 2. The Morgan fingerprint density at radius 1 is 0.588 bits per heavy atom. The fourth-order valence-electron chi connectivity index (χ4n) is 4.51. The van der Waals surface area contributed by atoms with E-state index in [-0.39, 0.29) is 30.5 Å². The monoisotopic (exact) mass is 878 g/mol. The van der Waals surface area contributed by atoms with Crippen LogP contribution in [0, 0.1) is 11.6 Å². The molecule has 0 amide bonds. The van der Waals surface area contributed by atoms with Gasteiger partial charge in [0.1, 0.15) is 48.4 Å². The largest absolute Gasteiger partial charge is 0.494 e. The van der Waals surface area contributed by atoms with E-state index < -0.39 is 0 Å². The van der Waals surface area contributed by atoms with Gasteiger partial charge in [-0.05, 0) is 183 Å². The molecule has 1 unspecified atom stereocenters. The van der Waals surface area contributed by atoms with Gasteiger partial charge >= 0.3 is 7.12 Å². The molecule has 1 atom stereocenters. The zero-order valence-electron chi connectivity index (χ0n) is 27.8. The highest BCUT2D eigenvalue weighted by Gasteiger charge is 2.43. The van der Waals surface area contributed by atoms with Crippen molar-refractivity contribution in [1.82, 2.24) is 9.97 Å². The van der Waals surface area contributed by atoms with Crippen molar-refractivity contribution < 1.29 is 27.6 Å². The standard InChI is InChI=1S/C17H18BFO3.C17H11BrFNO.C5H3Br2N/c1-12-17(2,3)22-18(21-12)13-4-8-15(9-5-13)20-16-10-6-14(19)7-11-16;18-17-3-1-2-16(20-17)12-4-8-14(9-5-12)21-15-10-6-13(19)7-11-15;6-4-2-1-3-5(7)8-4/h4-12H,1-3H3;1-11H;1-3H. The van der Waals surface area contributed by atoms with Crippen molar-refractivity contribution in [2.75, 3.05) is 0 Å². The molecule has 12 heteroatoms. The van der Waals surface area contributed by atoms with Crippen LogP contribution in [0.4, 0.5) is 8.78 Å². The second-order valence-corrected chi connectivity index (χ2v) is 14.1. The Hall–Kier alpha value is -3.94. The van der Waals surface area contributed by atoms with Crippen LogP contribution in [0.3, 0.4) is 0 Å². The second kappa shape index (κ2) is 18.0. The molecule has 0 spiro atoms. The van der Waals surface area contributed by atoms with Crippen molar-refractivity contribution in [3.05, 3.63) is 159 Å². The molecule has 1 fully saturated rings. The lowest BCUT2D eigenvalue weighted by atomic mass is 9.79. The molecule has 3 heterocycles. The van der Waals surface area contributed by atoms with E-state index in [4.69, 9.17) is 18.8 Å². The Labute approximate surface area is 321 Å². The minimum Gasteiger partial charge on any atom is -0.457 e. The van der Waals surface area contributed by atoms with Crippen LogP contribution in [0.25, 0.3) is 11.3 Å². The highest BCUT2D eigenvalue weighted by Crippen LogP contribution is 2.28. The van der Waals surface area contributed by atoms with Crippen molar-refractivity contribution in [1.29, 1.82) is 0 Å². The fraction of sp³-hybridized carbons (Fsp3) is 0.128. The van der Waals surface area contributed by atoms with Crippen molar-refractivity contribution in [2.45, 2.75) is 32.5 Å². The Morgan fingerprint density at radius 2 is 1.00 bits per heavy atom. The first-order chi connectivity index (χ1) is 24.4. The van der Waals surface area contributed by atoms with E-state index in [1.165, 1.54) is 24.3 Å². The van der Waals surface area contributed by atoms with Gasteiger partial charge in [-0.25, -0.2) is 18.7 Å². The summed E-state index contributed by atoms with van der Waals surface area (Å²) in [5.74, 6) is 2.01. The summed E-state index contributed by atoms with van der Waals surface area (Å²) in [4.78, 5) is 8.41. The summed E-state index contributed by atoms with van der Waals surface area (Å²) in [7, 11) is -0.357. The Kier molecular flexibility index (Phi) is 13.5. The molecule has 2 aromatic heterocycles. The number of benzene rings is 4.